The number of hydrogen-bond acceptors (Lipinski definition) is 9. The molecule has 9 nitrogen and oxygen atoms in total. The Morgan fingerprint density at radius 1 is 1.15 bits per heavy atom. The van der Waals surface area contributed by atoms with Gasteiger partial charge in [-0.05, 0) is 32.8 Å². The first-order valence-electron chi connectivity index (χ1n) is 11.8. The standard InChI is InChI=1S/C24H34N6O3/c1-17(2)30-6-4-18(5-7-30)26-24-19-14-21(31-3)22(15-20(19)27-23(16-25)28-24)33-13-10-29-8-11-32-12-9-29/h14-15,17-18H,4-13H2,1-3H3,(H,26,27,28). The molecule has 1 aromatic heterocycles. The molecule has 0 amide bonds. The number of nitrogens with one attached hydrogen (secondary N) is 1. The van der Waals surface area contributed by atoms with E-state index in [-0.39, 0.29) is 5.82 Å². The molecule has 178 valence electrons. The van der Waals surface area contributed by atoms with Crippen LogP contribution in [-0.2, 0) is 4.74 Å². The van der Waals surface area contributed by atoms with Crippen molar-refractivity contribution in [2.75, 3.05) is 65.0 Å². The number of fused-ring (bicyclic) bond motifs is 1. The van der Waals surface area contributed by atoms with Crippen LogP contribution in [0.2, 0.25) is 0 Å². The summed E-state index contributed by atoms with van der Waals surface area (Å²) in [5.74, 6) is 2.08. The number of piperidine rings is 1. The Balaban J connectivity index is 1.52. The second kappa shape index (κ2) is 11.0. The van der Waals surface area contributed by atoms with Crippen molar-refractivity contribution in [2.45, 2.75) is 38.8 Å². The molecule has 0 unspecified atom stereocenters. The third kappa shape index (κ3) is 5.82. The number of methoxy groups -OCH3 is 1. The Labute approximate surface area is 195 Å². The summed E-state index contributed by atoms with van der Waals surface area (Å²) in [7, 11) is 1.63. The maximum atomic E-state index is 9.50. The maximum Gasteiger partial charge on any atom is 0.234 e. The summed E-state index contributed by atoms with van der Waals surface area (Å²) in [6, 6.07) is 6.71. The molecule has 2 aliphatic rings. The van der Waals surface area contributed by atoms with E-state index in [1.807, 2.05) is 12.1 Å². The van der Waals surface area contributed by atoms with Gasteiger partial charge in [0, 0.05) is 56.3 Å². The smallest absolute Gasteiger partial charge is 0.234 e. The van der Waals surface area contributed by atoms with Crippen LogP contribution < -0.4 is 14.8 Å². The third-order valence-corrected chi connectivity index (χ3v) is 6.45. The van der Waals surface area contributed by atoms with Crippen molar-refractivity contribution in [1.82, 2.24) is 19.8 Å². The first-order chi connectivity index (χ1) is 16.1. The molecule has 4 rings (SSSR count). The fourth-order valence-corrected chi connectivity index (χ4v) is 4.43. The van der Waals surface area contributed by atoms with Crippen molar-refractivity contribution in [3.63, 3.8) is 0 Å². The minimum Gasteiger partial charge on any atom is -0.493 e. The first kappa shape index (κ1) is 23.5. The number of nitriles is 1. The number of hydrogen-bond donors (Lipinski definition) is 1. The van der Waals surface area contributed by atoms with E-state index in [0.717, 1.165) is 64.2 Å². The molecule has 0 radical (unpaired) electrons. The molecular weight excluding hydrogens is 420 g/mol. The molecule has 0 aliphatic carbocycles. The highest BCUT2D eigenvalue weighted by Crippen LogP contribution is 2.35. The van der Waals surface area contributed by atoms with Gasteiger partial charge in [0.05, 0.1) is 25.8 Å². The molecule has 3 heterocycles. The molecule has 0 spiro atoms. The van der Waals surface area contributed by atoms with Crippen molar-refractivity contribution >= 4 is 16.7 Å². The van der Waals surface area contributed by atoms with Crippen molar-refractivity contribution in [3.05, 3.63) is 18.0 Å². The predicted octanol–water partition coefficient (Wildman–Crippen LogP) is 2.51. The van der Waals surface area contributed by atoms with Crippen LogP contribution in [0.5, 0.6) is 11.5 Å². The quantitative estimate of drug-likeness (QED) is 0.645. The average Bonchev–Trinajstić information content (AvgIpc) is 2.84. The summed E-state index contributed by atoms with van der Waals surface area (Å²) in [6.07, 6.45) is 2.07. The summed E-state index contributed by atoms with van der Waals surface area (Å²) in [6.45, 7) is 11.3. The van der Waals surface area contributed by atoms with Crippen LogP contribution in [0.15, 0.2) is 12.1 Å². The van der Waals surface area contributed by atoms with Gasteiger partial charge >= 0.3 is 0 Å². The predicted molar refractivity (Wildman–Crippen MR) is 127 cm³/mol. The molecule has 9 heteroatoms. The van der Waals surface area contributed by atoms with Gasteiger partial charge in [0.15, 0.2) is 11.5 Å². The molecule has 0 saturated carbocycles. The van der Waals surface area contributed by atoms with E-state index in [2.05, 4.69) is 45.0 Å². The molecule has 0 atom stereocenters. The number of rotatable bonds is 8. The third-order valence-electron chi connectivity index (χ3n) is 6.45. The molecule has 1 N–H and O–H groups in total. The number of benzene rings is 1. The van der Waals surface area contributed by atoms with Crippen LogP contribution in [0.4, 0.5) is 5.82 Å². The monoisotopic (exact) mass is 454 g/mol. The molecule has 1 aromatic carbocycles. The lowest BCUT2D eigenvalue weighted by Gasteiger charge is -2.35. The fraction of sp³-hybridized carbons (Fsp3) is 0.625. The highest BCUT2D eigenvalue weighted by atomic mass is 16.5. The number of aromatic nitrogens is 2. The molecule has 2 aliphatic heterocycles. The topological polar surface area (TPSA) is 95.8 Å². The number of likely N-dealkylation sites (tertiary alicyclic amines) is 1. The summed E-state index contributed by atoms with van der Waals surface area (Å²) >= 11 is 0. The van der Waals surface area contributed by atoms with E-state index in [9.17, 15) is 5.26 Å². The normalized spacial score (nSPS) is 18.4. The van der Waals surface area contributed by atoms with E-state index >= 15 is 0 Å². The molecular formula is C24H34N6O3. The van der Waals surface area contributed by atoms with Gasteiger partial charge in [0.1, 0.15) is 18.5 Å². The summed E-state index contributed by atoms with van der Waals surface area (Å²) in [5.41, 5.74) is 0.672. The lowest BCUT2D eigenvalue weighted by molar-refractivity contribution is 0.0321. The average molecular weight is 455 g/mol. The van der Waals surface area contributed by atoms with Gasteiger partial charge in [-0.3, -0.25) is 4.90 Å². The Bertz CT molecular complexity index is 978. The Kier molecular flexibility index (Phi) is 7.81. The van der Waals surface area contributed by atoms with E-state index < -0.39 is 0 Å². The number of nitrogens with zero attached hydrogens (tertiary/aromatic N) is 5. The zero-order chi connectivity index (χ0) is 23.2. The second-order valence-electron chi connectivity index (χ2n) is 8.88. The van der Waals surface area contributed by atoms with Crippen molar-refractivity contribution < 1.29 is 14.2 Å². The Morgan fingerprint density at radius 3 is 2.58 bits per heavy atom. The molecule has 2 fully saturated rings. The summed E-state index contributed by atoms with van der Waals surface area (Å²) in [4.78, 5) is 13.7. The van der Waals surface area contributed by atoms with Gasteiger partial charge in [-0.15, -0.1) is 0 Å². The molecule has 2 aromatic rings. The first-order valence-corrected chi connectivity index (χ1v) is 11.8. The molecule has 33 heavy (non-hydrogen) atoms. The highest BCUT2D eigenvalue weighted by Gasteiger charge is 2.23. The Hall–Kier alpha value is -2.67. The van der Waals surface area contributed by atoms with Crippen LogP contribution in [0.3, 0.4) is 0 Å². The van der Waals surface area contributed by atoms with Gasteiger partial charge in [-0.25, -0.2) is 9.97 Å². The van der Waals surface area contributed by atoms with Crippen LogP contribution in [-0.4, -0.2) is 91.5 Å². The number of anilines is 1. The van der Waals surface area contributed by atoms with Crippen LogP contribution >= 0.6 is 0 Å². The van der Waals surface area contributed by atoms with E-state index in [4.69, 9.17) is 14.2 Å². The SMILES string of the molecule is COc1cc2c(NC3CCN(C(C)C)CC3)nc(C#N)nc2cc1OCCN1CCOCC1. The molecule has 2 saturated heterocycles. The van der Waals surface area contributed by atoms with Crippen LogP contribution in [0.25, 0.3) is 10.9 Å². The number of morpholine rings is 1. The zero-order valence-electron chi connectivity index (χ0n) is 19.8. The van der Waals surface area contributed by atoms with Gasteiger partial charge in [0.2, 0.25) is 5.82 Å². The van der Waals surface area contributed by atoms with Crippen molar-refractivity contribution in [3.8, 4) is 17.6 Å². The van der Waals surface area contributed by atoms with Crippen LogP contribution in [0, 0.1) is 11.3 Å². The molecule has 0 bridgehead atoms. The fourth-order valence-electron chi connectivity index (χ4n) is 4.43. The highest BCUT2D eigenvalue weighted by molar-refractivity contribution is 5.92. The van der Waals surface area contributed by atoms with Gasteiger partial charge in [-0.1, -0.05) is 0 Å². The van der Waals surface area contributed by atoms with Crippen molar-refractivity contribution in [2.24, 2.45) is 0 Å². The maximum absolute atomic E-state index is 9.50. The zero-order valence-corrected chi connectivity index (χ0v) is 19.8. The number of ether oxygens (including phenoxy) is 3. The van der Waals surface area contributed by atoms with E-state index in [1.54, 1.807) is 7.11 Å². The van der Waals surface area contributed by atoms with Crippen LogP contribution in [0.1, 0.15) is 32.5 Å². The van der Waals surface area contributed by atoms with E-state index in [0.29, 0.717) is 41.5 Å². The minimum atomic E-state index is 0.147. The summed E-state index contributed by atoms with van der Waals surface area (Å²) in [5, 5.41) is 13.9. The second-order valence-corrected chi connectivity index (χ2v) is 8.88. The van der Waals surface area contributed by atoms with Crippen molar-refractivity contribution in [1.29, 1.82) is 5.26 Å². The minimum absolute atomic E-state index is 0.147. The van der Waals surface area contributed by atoms with E-state index in [1.165, 1.54) is 0 Å². The van der Waals surface area contributed by atoms with Gasteiger partial charge < -0.3 is 24.4 Å². The summed E-state index contributed by atoms with van der Waals surface area (Å²) < 4.78 is 17.1. The van der Waals surface area contributed by atoms with Gasteiger partial charge in [-0.2, -0.15) is 5.26 Å². The Morgan fingerprint density at radius 2 is 1.91 bits per heavy atom. The lowest BCUT2D eigenvalue weighted by atomic mass is 10.0. The largest absolute Gasteiger partial charge is 0.493 e. The van der Waals surface area contributed by atoms with Gasteiger partial charge in [0.25, 0.3) is 0 Å². The lowest BCUT2D eigenvalue weighted by Crippen LogP contribution is -2.42.